The van der Waals surface area contributed by atoms with E-state index in [2.05, 4.69) is 0 Å². The normalized spacial score (nSPS) is 14.8. The number of benzene rings is 3. The molecule has 0 saturated carbocycles. The van der Waals surface area contributed by atoms with Gasteiger partial charge in [0.15, 0.2) is 0 Å². The summed E-state index contributed by atoms with van der Waals surface area (Å²) in [6.45, 7) is 1.20. The summed E-state index contributed by atoms with van der Waals surface area (Å²) in [5.74, 6) is 0.450. The Kier molecular flexibility index (Phi) is 7.97. The van der Waals surface area contributed by atoms with E-state index in [9.17, 15) is 19.1 Å². The van der Waals surface area contributed by atoms with Gasteiger partial charge < -0.3 is 4.90 Å². The quantitative estimate of drug-likeness (QED) is 0.184. The zero-order chi connectivity index (χ0) is 26.6. The molecule has 1 amide bonds. The molecular formula is C28H24ClN3O4S2. The van der Waals surface area contributed by atoms with Crippen molar-refractivity contribution in [2.45, 2.75) is 29.4 Å². The predicted molar refractivity (Wildman–Crippen MR) is 150 cm³/mol. The van der Waals surface area contributed by atoms with Gasteiger partial charge in [-0.1, -0.05) is 54.1 Å². The average molecular weight is 566 g/mol. The minimum Gasteiger partial charge on any atom is -0.339 e. The molecule has 0 aliphatic carbocycles. The van der Waals surface area contributed by atoms with Crippen LogP contribution in [0.2, 0.25) is 5.02 Å². The highest BCUT2D eigenvalue weighted by molar-refractivity contribution is 7.84. The van der Waals surface area contributed by atoms with Gasteiger partial charge in [-0.15, -0.1) is 11.3 Å². The lowest BCUT2D eigenvalue weighted by molar-refractivity contribution is -0.384. The molecule has 1 unspecified atom stereocenters. The van der Waals surface area contributed by atoms with Crippen molar-refractivity contribution in [1.82, 2.24) is 9.88 Å². The summed E-state index contributed by atoms with van der Waals surface area (Å²) in [6, 6.07) is 21.4. The van der Waals surface area contributed by atoms with Gasteiger partial charge in [-0.25, -0.2) is 4.98 Å². The van der Waals surface area contributed by atoms with Crippen LogP contribution in [0.25, 0.3) is 11.3 Å². The number of nitrogens with zero attached hydrogens (tertiary/aromatic N) is 3. The lowest BCUT2D eigenvalue weighted by Crippen LogP contribution is -2.38. The number of carbonyl (C=O) groups is 1. The maximum absolute atomic E-state index is 13.4. The zero-order valence-electron chi connectivity index (χ0n) is 20.3. The molecule has 1 aromatic heterocycles. The Morgan fingerprint density at radius 1 is 1.08 bits per heavy atom. The maximum atomic E-state index is 13.4. The third-order valence-electron chi connectivity index (χ3n) is 6.63. The van der Waals surface area contributed by atoms with Crippen molar-refractivity contribution in [1.29, 1.82) is 0 Å². The number of hydrogen-bond acceptors (Lipinski definition) is 6. The number of nitro benzene ring substituents is 1. The highest BCUT2D eigenvalue weighted by Crippen LogP contribution is 2.35. The second-order valence-electron chi connectivity index (χ2n) is 9.02. The maximum Gasteiger partial charge on any atom is 0.288 e. The molecule has 0 N–H and O–H groups in total. The number of thiazole rings is 1. The van der Waals surface area contributed by atoms with E-state index in [-0.39, 0.29) is 28.3 Å². The minimum atomic E-state index is -1.24. The van der Waals surface area contributed by atoms with Crippen LogP contribution in [0.5, 0.6) is 0 Å². The van der Waals surface area contributed by atoms with Crippen molar-refractivity contribution in [3.63, 3.8) is 0 Å². The van der Waals surface area contributed by atoms with Crippen LogP contribution >= 0.6 is 22.9 Å². The van der Waals surface area contributed by atoms with Crippen LogP contribution in [0.4, 0.5) is 5.69 Å². The number of carbonyl (C=O) groups excluding carboxylic acids is 1. The number of amides is 1. The van der Waals surface area contributed by atoms with Crippen molar-refractivity contribution < 1.29 is 13.9 Å². The van der Waals surface area contributed by atoms with Crippen LogP contribution in [-0.2, 0) is 16.6 Å². The Morgan fingerprint density at radius 2 is 1.79 bits per heavy atom. The van der Waals surface area contributed by atoms with E-state index in [1.54, 1.807) is 6.07 Å². The van der Waals surface area contributed by atoms with E-state index < -0.39 is 15.7 Å². The van der Waals surface area contributed by atoms with Gasteiger partial charge in [0.25, 0.3) is 11.6 Å². The van der Waals surface area contributed by atoms with Gasteiger partial charge in [0.05, 0.1) is 32.2 Å². The number of hydrogen-bond donors (Lipinski definition) is 0. The molecule has 1 aliphatic rings. The molecule has 2 heterocycles. The lowest BCUT2D eigenvalue weighted by atomic mass is 9.96. The summed E-state index contributed by atoms with van der Waals surface area (Å²) < 4.78 is 12.9. The molecule has 10 heteroatoms. The van der Waals surface area contributed by atoms with Crippen LogP contribution in [0, 0.1) is 10.1 Å². The first-order valence-electron chi connectivity index (χ1n) is 12.1. The molecule has 1 fully saturated rings. The van der Waals surface area contributed by atoms with Gasteiger partial charge in [0.2, 0.25) is 0 Å². The van der Waals surface area contributed by atoms with Gasteiger partial charge in [-0.05, 0) is 42.7 Å². The summed E-state index contributed by atoms with van der Waals surface area (Å²) in [5.41, 5.74) is 2.57. The monoisotopic (exact) mass is 565 g/mol. The molecule has 1 atom stereocenters. The summed E-state index contributed by atoms with van der Waals surface area (Å²) >= 11 is 7.48. The Bertz CT molecular complexity index is 1500. The molecule has 0 radical (unpaired) electrons. The van der Waals surface area contributed by atoms with Gasteiger partial charge in [-0.2, -0.15) is 0 Å². The summed E-state index contributed by atoms with van der Waals surface area (Å²) in [7, 11) is -1.24. The topological polar surface area (TPSA) is 93.4 Å². The molecule has 7 nitrogen and oxygen atoms in total. The van der Waals surface area contributed by atoms with E-state index >= 15 is 0 Å². The van der Waals surface area contributed by atoms with Gasteiger partial charge in [-0.3, -0.25) is 19.1 Å². The van der Waals surface area contributed by atoms with Gasteiger partial charge in [0, 0.05) is 46.5 Å². The number of rotatable bonds is 7. The van der Waals surface area contributed by atoms with Crippen molar-refractivity contribution in [2.24, 2.45) is 0 Å². The smallest absolute Gasteiger partial charge is 0.288 e. The fraction of sp³-hybridized carbons (Fsp3) is 0.214. The van der Waals surface area contributed by atoms with E-state index in [0.717, 1.165) is 28.3 Å². The fourth-order valence-electron chi connectivity index (χ4n) is 4.57. The molecule has 194 valence electrons. The molecule has 1 aliphatic heterocycles. The minimum absolute atomic E-state index is 0.0441. The zero-order valence-corrected chi connectivity index (χ0v) is 22.7. The second-order valence-corrected chi connectivity index (χ2v) is 11.8. The summed E-state index contributed by atoms with van der Waals surface area (Å²) in [5, 5.41) is 14.2. The largest absolute Gasteiger partial charge is 0.339 e. The average Bonchev–Trinajstić information content (AvgIpc) is 3.44. The number of likely N-dealkylation sites (tertiary alicyclic amines) is 1. The predicted octanol–water partition coefficient (Wildman–Crippen LogP) is 6.70. The highest BCUT2D eigenvalue weighted by Gasteiger charge is 2.28. The van der Waals surface area contributed by atoms with Crippen LogP contribution < -0.4 is 0 Å². The first-order valence-corrected chi connectivity index (χ1v) is 14.7. The number of aromatic nitrogens is 1. The Hall–Kier alpha value is -3.40. The number of nitro groups is 1. The molecule has 0 bridgehead atoms. The van der Waals surface area contributed by atoms with Gasteiger partial charge >= 0.3 is 0 Å². The summed E-state index contributed by atoms with van der Waals surface area (Å²) in [4.78, 5) is 31.5. The standard InChI is InChI=1S/C28H24ClN3O4S2/c29-24-11-10-20(16-26(24)32(34)35)25-17-37-27(30-25)19-12-14-31(15-13-19)28(33)23-9-5-4-6-21(23)18-38(36)22-7-2-1-3-8-22/h1-11,16-17,19H,12-15,18H2. The van der Waals surface area contributed by atoms with Crippen LogP contribution in [-0.4, -0.2) is 38.0 Å². The van der Waals surface area contributed by atoms with E-state index in [4.69, 9.17) is 16.6 Å². The van der Waals surface area contributed by atoms with Crippen LogP contribution in [0.1, 0.15) is 39.7 Å². The first kappa shape index (κ1) is 26.2. The van der Waals surface area contributed by atoms with Crippen LogP contribution in [0.3, 0.4) is 0 Å². The molecule has 5 rings (SSSR count). The molecule has 38 heavy (non-hydrogen) atoms. The van der Waals surface area contributed by atoms with Crippen molar-refractivity contribution in [3.8, 4) is 11.3 Å². The van der Waals surface area contributed by atoms with Crippen molar-refractivity contribution in [3.05, 3.63) is 109 Å². The van der Waals surface area contributed by atoms with E-state index in [1.807, 2.05) is 64.9 Å². The number of piperidine rings is 1. The van der Waals surface area contributed by atoms with Gasteiger partial charge in [0.1, 0.15) is 5.02 Å². The number of halogens is 1. The lowest BCUT2D eigenvalue weighted by Gasteiger charge is -2.31. The molecular weight excluding hydrogens is 542 g/mol. The highest BCUT2D eigenvalue weighted by atomic mass is 35.5. The Labute approximate surface area is 231 Å². The van der Waals surface area contributed by atoms with E-state index in [1.165, 1.54) is 23.5 Å². The first-order chi connectivity index (χ1) is 18.4. The molecule has 0 spiro atoms. The fourth-order valence-corrected chi connectivity index (χ4v) is 6.92. The Morgan fingerprint density at radius 3 is 2.53 bits per heavy atom. The van der Waals surface area contributed by atoms with Crippen molar-refractivity contribution in [2.75, 3.05) is 13.1 Å². The molecule has 1 saturated heterocycles. The van der Waals surface area contributed by atoms with Crippen LogP contribution in [0.15, 0.2) is 83.1 Å². The Balaban J connectivity index is 1.25. The van der Waals surface area contributed by atoms with E-state index in [0.29, 0.717) is 29.9 Å². The third kappa shape index (κ3) is 5.70. The SMILES string of the molecule is O=C(c1ccccc1CS(=O)c1ccccc1)N1CCC(c2nc(-c3ccc(Cl)c([N+](=O)[O-])c3)cs2)CC1. The third-order valence-corrected chi connectivity index (χ3v) is 9.33. The molecule has 3 aromatic carbocycles. The molecule has 4 aromatic rings. The second kappa shape index (κ2) is 11.6. The van der Waals surface area contributed by atoms with Crippen molar-refractivity contribution >= 4 is 45.3 Å². The summed E-state index contributed by atoms with van der Waals surface area (Å²) in [6.07, 6.45) is 1.55.